The standard InChI is InChI=1S/C31H35BrF3N3O4/c1-19-27(23-16-22(32)11-12-24(23)37-28(19)38-14-6-7-15-38)29(41)36-18-21(10-13-26(39)40)30(2,3)17-20-8-4-5-9-25(20)42-31(33,34)35/h4-5,8-9,11-12,16,21H,6-7,10,13-15,17-18H2,1-3H3,(H,36,41)(H,39,40). The van der Waals surface area contributed by atoms with E-state index in [0.717, 1.165) is 41.8 Å². The van der Waals surface area contributed by atoms with Crippen molar-refractivity contribution in [3.63, 3.8) is 0 Å². The third kappa shape index (κ3) is 7.73. The molecule has 1 fully saturated rings. The number of amides is 1. The highest BCUT2D eigenvalue weighted by molar-refractivity contribution is 9.10. The van der Waals surface area contributed by atoms with Gasteiger partial charge in [-0.1, -0.05) is 48.0 Å². The molecule has 1 aliphatic rings. The van der Waals surface area contributed by atoms with E-state index in [1.807, 2.05) is 39.0 Å². The maximum absolute atomic E-state index is 13.9. The molecule has 1 saturated heterocycles. The third-order valence-electron chi connectivity index (χ3n) is 7.96. The smallest absolute Gasteiger partial charge is 0.481 e. The van der Waals surface area contributed by atoms with E-state index in [-0.39, 0.29) is 43.4 Å². The van der Waals surface area contributed by atoms with E-state index in [4.69, 9.17) is 4.98 Å². The Hall–Kier alpha value is -3.34. The fourth-order valence-corrected chi connectivity index (χ4v) is 6.09. The van der Waals surface area contributed by atoms with E-state index >= 15 is 0 Å². The largest absolute Gasteiger partial charge is 0.573 e. The van der Waals surface area contributed by atoms with Gasteiger partial charge in [0, 0.05) is 41.5 Å². The lowest BCUT2D eigenvalue weighted by molar-refractivity contribution is -0.275. The number of aliphatic carboxylic acids is 1. The number of carbonyl (C=O) groups is 2. The molecule has 1 unspecified atom stereocenters. The molecule has 3 aromatic rings. The molecule has 0 bridgehead atoms. The molecule has 42 heavy (non-hydrogen) atoms. The molecular weight excluding hydrogens is 615 g/mol. The van der Waals surface area contributed by atoms with Crippen molar-refractivity contribution in [2.24, 2.45) is 11.3 Å². The fraction of sp³-hybridized carbons (Fsp3) is 0.452. The number of ether oxygens (including phenoxy) is 1. The van der Waals surface area contributed by atoms with Crippen molar-refractivity contribution in [2.45, 2.75) is 59.2 Å². The lowest BCUT2D eigenvalue weighted by Gasteiger charge is -2.35. The molecule has 226 valence electrons. The molecule has 4 rings (SSSR count). The summed E-state index contributed by atoms with van der Waals surface area (Å²) in [5, 5.41) is 13.1. The number of nitrogens with one attached hydrogen (secondary N) is 1. The summed E-state index contributed by atoms with van der Waals surface area (Å²) in [6, 6.07) is 11.5. The molecule has 1 amide bonds. The van der Waals surface area contributed by atoms with Crippen molar-refractivity contribution < 1.29 is 32.6 Å². The molecule has 2 heterocycles. The van der Waals surface area contributed by atoms with Crippen LogP contribution in [0.4, 0.5) is 19.0 Å². The van der Waals surface area contributed by atoms with Crippen LogP contribution < -0.4 is 15.0 Å². The van der Waals surface area contributed by atoms with Gasteiger partial charge in [-0.3, -0.25) is 9.59 Å². The summed E-state index contributed by atoms with van der Waals surface area (Å²) in [4.78, 5) is 32.4. The minimum Gasteiger partial charge on any atom is -0.481 e. The number of hydrogen-bond acceptors (Lipinski definition) is 5. The predicted molar refractivity (Wildman–Crippen MR) is 159 cm³/mol. The highest BCUT2D eigenvalue weighted by Crippen LogP contribution is 2.38. The van der Waals surface area contributed by atoms with Crippen molar-refractivity contribution in [3.8, 4) is 5.75 Å². The zero-order valence-electron chi connectivity index (χ0n) is 23.9. The van der Waals surface area contributed by atoms with Gasteiger partial charge in [0.15, 0.2) is 0 Å². The minimum absolute atomic E-state index is 0.137. The number of para-hydroxylation sites is 1. The Kier molecular flexibility index (Phi) is 9.70. The van der Waals surface area contributed by atoms with Crippen LogP contribution in [-0.4, -0.2) is 48.0 Å². The molecule has 0 spiro atoms. The van der Waals surface area contributed by atoms with Gasteiger partial charge in [0.1, 0.15) is 11.6 Å². The topological polar surface area (TPSA) is 91.8 Å². The SMILES string of the molecule is Cc1c(N2CCCC2)nc2ccc(Br)cc2c1C(=O)NCC(CCC(=O)O)C(C)(C)Cc1ccccc1OC(F)(F)F. The lowest BCUT2D eigenvalue weighted by atomic mass is 9.72. The molecule has 0 aliphatic carbocycles. The summed E-state index contributed by atoms with van der Waals surface area (Å²) in [5.41, 5.74) is 1.62. The number of carbonyl (C=O) groups excluding carboxylic acids is 1. The molecule has 0 saturated carbocycles. The van der Waals surface area contributed by atoms with Gasteiger partial charge in [-0.25, -0.2) is 4.98 Å². The van der Waals surface area contributed by atoms with Crippen LogP contribution in [0.1, 0.15) is 61.0 Å². The molecule has 0 radical (unpaired) electrons. The average molecular weight is 651 g/mol. The third-order valence-corrected chi connectivity index (χ3v) is 8.46. The normalized spacial score (nSPS) is 14.7. The van der Waals surface area contributed by atoms with Gasteiger partial charge < -0.3 is 20.1 Å². The number of halogens is 4. The fourth-order valence-electron chi connectivity index (χ4n) is 5.73. The number of aromatic nitrogens is 1. The van der Waals surface area contributed by atoms with Crippen LogP contribution in [0, 0.1) is 18.3 Å². The summed E-state index contributed by atoms with van der Waals surface area (Å²) in [6.07, 6.45) is -2.47. The first-order valence-corrected chi connectivity index (χ1v) is 14.7. The summed E-state index contributed by atoms with van der Waals surface area (Å²) in [7, 11) is 0. The Morgan fingerprint density at radius 2 is 1.83 bits per heavy atom. The Morgan fingerprint density at radius 3 is 2.50 bits per heavy atom. The lowest BCUT2D eigenvalue weighted by Crippen LogP contribution is -2.38. The number of benzene rings is 2. The van der Waals surface area contributed by atoms with Crippen molar-refractivity contribution in [1.29, 1.82) is 0 Å². The minimum atomic E-state index is -4.84. The van der Waals surface area contributed by atoms with Gasteiger partial charge in [-0.2, -0.15) is 0 Å². The molecule has 1 aliphatic heterocycles. The maximum atomic E-state index is 13.9. The molecule has 2 aromatic carbocycles. The van der Waals surface area contributed by atoms with Gasteiger partial charge >= 0.3 is 12.3 Å². The number of nitrogens with zero attached hydrogens (tertiary/aromatic N) is 2. The molecule has 1 atom stereocenters. The van der Waals surface area contributed by atoms with E-state index < -0.39 is 17.7 Å². The van der Waals surface area contributed by atoms with Gasteiger partial charge in [-0.15, -0.1) is 13.2 Å². The average Bonchev–Trinajstić information content (AvgIpc) is 3.43. The Bertz CT molecular complexity index is 1460. The Labute approximate surface area is 251 Å². The summed E-state index contributed by atoms with van der Waals surface area (Å²) in [5.74, 6) is -1.18. The number of hydrogen-bond donors (Lipinski definition) is 2. The van der Waals surface area contributed by atoms with E-state index in [9.17, 15) is 27.9 Å². The highest BCUT2D eigenvalue weighted by Gasteiger charge is 2.35. The number of carboxylic acid groups (broad SMARTS) is 1. The van der Waals surface area contributed by atoms with E-state index in [1.54, 1.807) is 12.1 Å². The molecule has 7 nitrogen and oxygen atoms in total. The van der Waals surface area contributed by atoms with Crippen LogP contribution in [0.5, 0.6) is 5.75 Å². The van der Waals surface area contributed by atoms with Crippen LogP contribution in [0.3, 0.4) is 0 Å². The zero-order valence-corrected chi connectivity index (χ0v) is 25.4. The zero-order chi connectivity index (χ0) is 30.7. The Morgan fingerprint density at radius 1 is 1.14 bits per heavy atom. The Balaban J connectivity index is 1.63. The summed E-state index contributed by atoms with van der Waals surface area (Å²) < 4.78 is 44.2. The van der Waals surface area contributed by atoms with Crippen LogP contribution in [0.2, 0.25) is 0 Å². The van der Waals surface area contributed by atoms with Crippen LogP contribution >= 0.6 is 15.9 Å². The van der Waals surface area contributed by atoms with Gasteiger partial charge in [0.2, 0.25) is 0 Å². The number of pyridine rings is 1. The second-order valence-electron chi connectivity index (χ2n) is 11.5. The molecule has 2 N–H and O–H groups in total. The number of fused-ring (bicyclic) bond motifs is 1. The van der Waals surface area contributed by atoms with E-state index in [0.29, 0.717) is 22.0 Å². The van der Waals surface area contributed by atoms with Crippen LogP contribution in [-0.2, 0) is 11.2 Å². The van der Waals surface area contributed by atoms with Gasteiger partial charge in [0.05, 0.1) is 11.1 Å². The number of carboxylic acids is 1. The van der Waals surface area contributed by atoms with Crippen molar-refractivity contribution >= 4 is 44.5 Å². The van der Waals surface area contributed by atoms with E-state index in [2.05, 4.69) is 30.9 Å². The quantitative estimate of drug-likeness (QED) is 0.227. The number of alkyl halides is 3. The predicted octanol–water partition coefficient (Wildman–Crippen LogP) is 7.28. The van der Waals surface area contributed by atoms with Gasteiger partial charge in [-0.05, 0) is 73.8 Å². The van der Waals surface area contributed by atoms with Crippen molar-refractivity contribution in [2.75, 3.05) is 24.5 Å². The summed E-state index contributed by atoms with van der Waals surface area (Å²) >= 11 is 3.50. The van der Waals surface area contributed by atoms with Crippen molar-refractivity contribution in [3.05, 3.63) is 63.6 Å². The van der Waals surface area contributed by atoms with Gasteiger partial charge in [0.25, 0.3) is 5.91 Å². The van der Waals surface area contributed by atoms with Crippen LogP contribution in [0.15, 0.2) is 46.9 Å². The first-order chi connectivity index (χ1) is 19.7. The highest BCUT2D eigenvalue weighted by atomic mass is 79.9. The second kappa shape index (κ2) is 12.9. The molecular formula is C31H35BrF3N3O4. The second-order valence-corrected chi connectivity index (χ2v) is 12.4. The van der Waals surface area contributed by atoms with Crippen molar-refractivity contribution in [1.82, 2.24) is 10.3 Å². The molecule has 1 aromatic heterocycles. The number of rotatable bonds is 11. The maximum Gasteiger partial charge on any atom is 0.573 e. The molecule has 11 heteroatoms. The first-order valence-electron chi connectivity index (χ1n) is 13.9. The first kappa shape index (κ1) is 31.6. The summed E-state index contributed by atoms with van der Waals surface area (Å²) in [6.45, 7) is 7.48. The van der Waals surface area contributed by atoms with E-state index in [1.165, 1.54) is 12.1 Å². The number of anilines is 1. The monoisotopic (exact) mass is 649 g/mol. The van der Waals surface area contributed by atoms with Crippen LogP contribution in [0.25, 0.3) is 10.9 Å².